The van der Waals surface area contributed by atoms with Crippen molar-refractivity contribution in [2.75, 3.05) is 6.61 Å². The first kappa shape index (κ1) is 13.2. The van der Waals surface area contributed by atoms with Crippen LogP contribution in [0.25, 0.3) is 0 Å². The number of carbonyl (C=O) groups is 1. The van der Waals surface area contributed by atoms with Gasteiger partial charge in [0.1, 0.15) is 0 Å². The van der Waals surface area contributed by atoms with E-state index in [-0.39, 0.29) is 23.5 Å². The molecule has 0 heterocycles. The Hall–Kier alpha value is -2.23. The van der Waals surface area contributed by atoms with E-state index in [0.717, 1.165) is 12.0 Å². The van der Waals surface area contributed by atoms with E-state index in [2.05, 4.69) is 23.7 Å². The fourth-order valence-electron chi connectivity index (χ4n) is 1.73. The third kappa shape index (κ3) is 3.16. The van der Waals surface area contributed by atoms with Gasteiger partial charge in [0.2, 0.25) is 0 Å². The molecule has 96 valence electrons. The average molecular weight is 254 g/mol. The fourth-order valence-corrected chi connectivity index (χ4v) is 1.73. The second-order valence-electron chi connectivity index (χ2n) is 4.97. The summed E-state index contributed by atoms with van der Waals surface area (Å²) in [7, 11) is 0. The topological polar surface area (TPSA) is 57.5 Å². The minimum Gasteiger partial charge on any atom is -0.478 e. The third-order valence-corrected chi connectivity index (χ3v) is 3.36. The SMILES string of the molecule is C[C@@]1(CO)C[C@H]1C#CC#Cc1ccc(C(=O)O)cc1. The number of aliphatic hydroxyl groups is 1. The van der Waals surface area contributed by atoms with Crippen LogP contribution in [-0.2, 0) is 0 Å². The molecule has 1 aliphatic carbocycles. The molecule has 2 N–H and O–H groups in total. The molecule has 2 rings (SSSR count). The largest absolute Gasteiger partial charge is 0.478 e. The first-order chi connectivity index (χ1) is 9.05. The van der Waals surface area contributed by atoms with Crippen molar-refractivity contribution in [2.24, 2.45) is 11.3 Å². The number of hydrogen-bond acceptors (Lipinski definition) is 2. The number of aromatic carboxylic acids is 1. The fraction of sp³-hybridized carbons (Fsp3) is 0.312. The Morgan fingerprint density at radius 3 is 2.58 bits per heavy atom. The Bertz CT molecular complexity index is 607. The molecule has 3 heteroatoms. The second-order valence-corrected chi connectivity index (χ2v) is 4.97. The van der Waals surface area contributed by atoms with Crippen molar-refractivity contribution in [2.45, 2.75) is 13.3 Å². The third-order valence-electron chi connectivity index (χ3n) is 3.36. The standard InChI is InChI=1S/C16H14O3/c1-16(11-17)10-14(16)5-3-2-4-12-6-8-13(9-7-12)15(18)19/h6-9,14,17H,10-11H2,1H3,(H,18,19)/t14-,16+/m1/s1. The molecule has 0 bridgehead atoms. The van der Waals surface area contributed by atoms with Crippen molar-refractivity contribution < 1.29 is 15.0 Å². The van der Waals surface area contributed by atoms with Crippen molar-refractivity contribution in [1.82, 2.24) is 0 Å². The van der Waals surface area contributed by atoms with Gasteiger partial charge in [0, 0.05) is 23.5 Å². The van der Waals surface area contributed by atoms with Gasteiger partial charge in [-0.25, -0.2) is 4.79 Å². The first-order valence-corrected chi connectivity index (χ1v) is 6.01. The van der Waals surface area contributed by atoms with E-state index in [1.165, 1.54) is 12.1 Å². The van der Waals surface area contributed by atoms with E-state index in [4.69, 9.17) is 10.2 Å². The smallest absolute Gasteiger partial charge is 0.335 e. The van der Waals surface area contributed by atoms with Gasteiger partial charge in [-0.05, 0) is 42.5 Å². The predicted octanol–water partition coefficient (Wildman–Crippen LogP) is 1.76. The highest BCUT2D eigenvalue weighted by molar-refractivity contribution is 5.87. The van der Waals surface area contributed by atoms with Crippen LogP contribution in [0.3, 0.4) is 0 Å². The summed E-state index contributed by atoms with van der Waals surface area (Å²) < 4.78 is 0. The van der Waals surface area contributed by atoms with Crippen molar-refractivity contribution in [1.29, 1.82) is 0 Å². The summed E-state index contributed by atoms with van der Waals surface area (Å²) in [6, 6.07) is 6.35. The Morgan fingerprint density at radius 2 is 2.05 bits per heavy atom. The van der Waals surface area contributed by atoms with E-state index in [0.29, 0.717) is 0 Å². The van der Waals surface area contributed by atoms with Crippen LogP contribution in [0.4, 0.5) is 0 Å². The highest BCUT2D eigenvalue weighted by Crippen LogP contribution is 2.51. The molecule has 1 fully saturated rings. The number of benzene rings is 1. The summed E-state index contributed by atoms with van der Waals surface area (Å²) in [6.07, 6.45) is 0.922. The van der Waals surface area contributed by atoms with Gasteiger partial charge in [-0.2, -0.15) is 0 Å². The van der Waals surface area contributed by atoms with Gasteiger partial charge >= 0.3 is 5.97 Å². The molecule has 1 aliphatic rings. The molecule has 19 heavy (non-hydrogen) atoms. The van der Waals surface area contributed by atoms with Crippen LogP contribution in [0.2, 0.25) is 0 Å². The van der Waals surface area contributed by atoms with Crippen molar-refractivity contribution in [3.63, 3.8) is 0 Å². The minimum absolute atomic E-state index is 0.0438. The quantitative estimate of drug-likeness (QED) is 0.791. The summed E-state index contributed by atoms with van der Waals surface area (Å²) in [6.45, 7) is 2.17. The number of rotatable bonds is 2. The molecule has 1 aromatic carbocycles. The molecule has 0 aliphatic heterocycles. The first-order valence-electron chi connectivity index (χ1n) is 6.01. The Balaban J connectivity index is 1.98. The number of carboxylic acids is 1. The van der Waals surface area contributed by atoms with Crippen molar-refractivity contribution in [3.05, 3.63) is 35.4 Å². The summed E-state index contributed by atoms with van der Waals surface area (Å²) >= 11 is 0. The number of aliphatic hydroxyl groups excluding tert-OH is 1. The Morgan fingerprint density at radius 1 is 1.37 bits per heavy atom. The number of carboxylic acid groups (broad SMARTS) is 1. The average Bonchev–Trinajstić information content (AvgIpc) is 3.07. The Kier molecular flexibility index (Phi) is 3.60. The molecular weight excluding hydrogens is 240 g/mol. The van der Waals surface area contributed by atoms with Crippen LogP contribution in [0, 0.1) is 35.0 Å². The summed E-state index contributed by atoms with van der Waals surface area (Å²) in [5, 5.41) is 17.8. The van der Waals surface area contributed by atoms with Crippen LogP contribution in [-0.4, -0.2) is 22.8 Å². The molecular formula is C16H14O3. The zero-order valence-corrected chi connectivity index (χ0v) is 10.6. The monoisotopic (exact) mass is 254 g/mol. The Labute approximate surface area is 112 Å². The van der Waals surface area contributed by atoms with Gasteiger partial charge in [0.05, 0.1) is 5.56 Å². The molecule has 2 atom stereocenters. The van der Waals surface area contributed by atoms with Crippen LogP contribution in [0.1, 0.15) is 29.3 Å². The lowest BCUT2D eigenvalue weighted by molar-refractivity contribution is 0.0697. The van der Waals surface area contributed by atoms with E-state index >= 15 is 0 Å². The van der Waals surface area contributed by atoms with Gasteiger partial charge in [-0.15, -0.1) is 0 Å². The highest BCUT2D eigenvalue weighted by Gasteiger charge is 2.48. The molecule has 0 aromatic heterocycles. The lowest BCUT2D eigenvalue weighted by atomic mass is 10.1. The zero-order chi connectivity index (χ0) is 13.9. The molecule has 1 saturated carbocycles. The summed E-state index contributed by atoms with van der Waals surface area (Å²) in [4.78, 5) is 10.7. The number of hydrogen-bond donors (Lipinski definition) is 2. The van der Waals surface area contributed by atoms with Gasteiger partial charge in [-0.1, -0.05) is 18.8 Å². The predicted molar refractivity (Wildman–Crippen MR) is 71.4 cm³/mol. The maximum absolute atomic E-state index is 10.7. The maximum atomic E-state index is 10.7. The molecule has 0 spiro atoms. The van der Waals surface area contributed by atoms with Crippen LogP contribution in [0.5, 0.6) is 0 Å². The molecule has 0 saturated heterocycles. The normalized spacial score (nSPS) is 23.6. The van der Waals surface area contributed by atoms with Crippen LogP contribution < -0.4 is 0 Å². The van der Waals surface area contributed by atoms with E-state index in [9.17, 15) is 4.79 Å². The van der Waals surface area contributed by atoms with Gasteiger partial charge < -0.3 is 10.2 Å². The van der Waals surface area contributed by atoms with E-state index in [1.54, 1.807) is 12.1 Å². The van der Waals surface area contributed by atoms with Crippen molar-refractivity contribution in [3.8, 4) is 23.7 Å². The van der Waals surface area contributed by atoms with Gasteiger partial charge in [0.15, 0.2) is 0 Å². The molecule has 0 unspecified atom stereocenters. The molecule has 0 amide bonds. The summed E-state index contributed by atoms with van der Waals surface area (Å²) in [5.41, 5.74) is 0.936. The molecule has 3 nitrogen and oxygen atoms in total. The van der Waals surface area contributed by atoms with Gasteiger partial charge in [-0.3, -0.25) is 0 Å². The molecule has 1 aromatic rings. The van der Waals surface area contributed by atoms with E-state index in [1.807, 2.05) is 6.92 Å². The van der Waals surface area contributed by atoms with E-state index < -0.39 is 5.97 Å². The molecule has 0 radical (unpaired) electrons. The van der Waals surface area contributed by atoms with Gasteiger partial charge in [0.25, 0.3) is 0 Å². The second kappa shape index (κ2) is 5.18. The lowest BCUT2D eigenvalue weighted by Gasteiger charge is -1.99. The zero-order valence-electron chi connectivity index (χ0n) is 10.6. The van der Waals surface area contributed by atoms with Crippen LogP contribution in [0.15, 0.2) is 24.3 Å². The lowest BCUT2D eigenvalue weighted by Crippen LogP contribution is -2.02. The van der Waals surface area contributed by atoms with Crippen LogP contribution >= 0.6 is 0 Å². The minimum atomic E-state index is -0.948. The summed E-state index contributed by atoms with van der Waals surface area (Å²) in [5.74, 6) is 10.7. The highest BCUT2D eigenvalue weighted by atomic mass is 16.4. The maximum Gasteiger partial charge on any atom is 0.335 e. The van der Waals surface area contributed by atoms with Crippen molar-refractivity contribution >= 4 is 5.97 Å².